The van der Waals surface area contributed by atoms with Crippen molar-refractivity contribution in [2.24, 2.45) is 0 Å². The Morgan fingerprint density at radius 2 is 2.36 bits per heavy atom. The molecular weight excluding hydrogens is 208 g/mol. The molecule has 0 unspecified atom stereocenters. The molecule has 0 amide bonds. The fourth-order valence-corrected chi connectivity index (χ4v) is 1.15. The van der Waals surface area contributed by atoms with Crippen LogP contribution in [0.3, 0.4) is 0 Å². The molecule has 0 N–H and O–H groups in total. The summed E-state index contributed by atoms with van der Waals surface area (Å²) in [5.41, 5.74) is 0. The minimum absolute atomic E-state index is 0.852. The van der Waals surface area contributed by atoms with Crippen LogP contribution in [0.1, 0.15) is 19.2 Å². The lowest BCUT2D eigenvalue weighted by Gasteiger charge is -1.97. The highest BCUT2D eigenvalue weighted by Gasteiger charge is 2.01. The number of aryl methyl sites for hydroxylation is 2. The fourth-order valence-electron chi connectivity index (χ4n) is 0.873. The number of alkyl halides is 1. The van der Waals surface area contributed by atoms with Crippen molar-refractivity contribution in [2.75, 3.05) is 5.33 Å². The van der Waals surface area contributed by atoms with Crippen LogP contribution >= 0.6 is 15.9 Å². The second-order valence-corrected chi connectivity index (χ2v) is 3.00. The standard InChI is InChI=1S/C6H11BrN4/c1-2-11-6(4-3-5-7)8-9-10-11/h2-5H2,1H3. The maximum Gasteiger partial charge on any atom is 0.151 e. The molecule has 0 aliphatic carbocycles. The average Bonchev–Trinajstić information content (AvgIpc) is 2.47. The molecule has 11 heavy (non-hydrogen) atoms. The molecule has 0 radical (unpaired) electrons. The maximum atomic E-state index is 3.91. The lowest BCUT2D eigenvalue weighted by Crippen LogP contribution is -2.03. The van der Waals surface area contributed by atoms with Crippen LogP contribution in [0, 0.1) is 0 Å². The normalized spacial score (nSPS) is 10.4. The predicted octanol–water partition coefficient (Wildman–Crippen LogP) is 1.02. The molecule has 62 valence electrons. The molecule has 4 nitrogen and oxygen atoms in total. The lowest BCUT2D eigenvalue weighted by molar-refractivity contribution is 0.593. The van der Waals surface area contributed by atoms with Crippen LogP contribution in [0.15, 0.2) is 0 Å². The smallest absolute Gasteiger partial charge is 0.151 e. The molecule has 0 spiro atoms. The van der Waals surface area contributed by atoms with E-state index >= 15 is 0 Å². The van der Waals surface area contributed by atoms with Gasteiger partial charge in [0.25, 0.3) is 0 Å². The highest BCUT2D eigenvalue weighted by atomic mass is 79.9. The third-order valence-electron chi connectivity index (χ3n) is 1.44. The van der Waals surface area contributed by atoms with Gasteiger partial charge in [-0.1, -0.05) is 15.9 Å². The number of aromatic nitrogens is 4. The van der Waals surface area contributed by atoms with E-state index in [1.165, 1.54) is 0 Å². The topological polar surface area (TPSA) is 43.6 Å². The second-order valence-electron chi connectivity index (χ2n) is 2.20. The summed E-state index contributed by atoms with van der Waals surface area (Å²) in [6.45, 7) is 2.89. The van der Waals surface area contributed by atoms with Crippen LogP contribution in [0.4, 0.5) is 0 Å². The van der Waals surface area contributed by atoms with Crippen molar-refractivity contribution in [1.82, 2.24) is 20.2 Å². The highest BCUT2D eigenvalue weighted by Crippen LogP contribution is 1.98. The third-order valence-corrected chi connectivity index (χ3v) is 2.00. The number of hydrogen-bond acceptors (Lipinski definition) is 3. The van der Waals surface area contributed by atoms with Crippen molar-refractivity contribution < 1.29 is 0 Å². The van der Waals surface area contributed by atoms with E-state index in [1.807, 2.05) is 11.6 Å². The quantitative estimate of drug-likeness (QED) is 0.710. The Morgan fingerprint density at radius 1 is 1.55 bits per heavy atom. The summed E-state index contributed by atoms with van der Waals surface area (Å²) in [5.74, 6) is 0.979. The van der Waals surface area contributed by atoms with E-state index in [0.717, 1.165) is 30.5 Å². The van der Waals surface area contributed by atoms with E-state index in [0.29, 0.717) is 0 Å². The van der Waals surface area contributed by atoms with Crippen molar-refractivity contribution in [1.29, 1.82) is 0 Å². The number of rotatable bonds is 4. The predicted molar refractivity (Wildman–Crippen MR) is 45.6 cm³/mol. The zero-order valence-electron chi connectivity index (χ0n) is 6.50. The van der Waals surface area contributed by atoms with Crippen molar-refractivity contribution in [3.8, 4) is 0 Å². The van der Waals surface area contributed by atoms with Gasteiger partial charge in [-0.05, 0) is 23.8 Å². The lowest BCUT2D eigenvalue weighted by atomic mass is 10.3. The summed E-state index contributed by atoms with van der Waals surface area (Å²) in [6.07, 6.45) is 2.03. The van der Waals surface area contributed by atoms with Crippen LogP contribution in [-0.4, -0.2) is 25.5 Å². The summed E-state index contributed by atoms with van der Waals surface area (Å²) in [6, 6.07) is 0. The van der Waals surface area contributed by atoms with Gasteiger partial charge in [0.15, 0.2) is 5.82 Å². The van der Waals surface area contributed by atoms with Gasteiger partial charge in [-0.15, -0.1) is 5.10 Å². The monoisotopic (exact) mass is 218 g/mol. The van der Waals surface area contributed by atoms with E-state index in [-0.39, 0.29) is 0 Å². The molecule has 1 aromatic rings. The molecule has 0 aromatic carbocycles. The van der Waals surface area contributed by atoms with E-state index in [9.17, 15) is 0 Å². The Kier molecular flexibility index (Phi) is 3.48. The van der Waals surface area contributed by atoms with E-state index < -0.39 is 0 Å². The van der Waals surface area contributed by atoms with Crippen LogP contribution in [0.5, 0.6) is 0 Å². The summed E-state index contributed by atoms with van der Waals surface area (Å²) in [4.78, 5) is 0. The van der Waals surface area contributed by atoms with Crippen LogP contribution < -0.4 is 0 Å². The molecule has 1 rings (SSSR count). The third kappa shape index (κ3) is 2.25. The van der Waals surface area contributed by atoms with Gasteiger partial charge in [0, 0.05) is 18.3 Å². The Labute approximate surface area is 74.1 Å². The highest BCUT2D eigenvalue weighted by molar-refractivity contribution is 9.09. The molecule has 0 aliphatic rings. The zero-order chi connectivity index (χ0) is 8.10. The molecule has 0 aliphatic heterocycles. The molecule has 5 heteroatoms. The molecule has 0 saturated carbocycles. The van der Waals surface area contributed by atoms with Gasteiger partial charge < -0.3 is 0 Å². The SMILES string of the molecule is CCn1nnnc1CCCBr. The van der Waals surface area contributed by atoms with E-state index in [1.54, 1.807) is 0 Å². The summed E-state index contributed by atoms with van der Waals surface area (Å²) in [5, 5.41) is 12.3. The molecule has 0 saturated heterocycles. The Morgan fingerprint density at radius 3 is 3.00 bits per heavy atom. The van der Waals surface area contributed by atoms with Crippen molar-refractivity contribution in [2.45, 2.75) is 26.3 Å². The van der Waals surface area contributed by atoms with Gasteiger partial charge in [0.05, 0.1) is 0 Å². The first kappa shape index (κ1) is 8.64. The summed E-state index contributed by atoms with van der Waals surface area (Å²) >= 11 is 3.36. The van der Waals surface area contributed by atoms with Crippen LogP contribution in [-0.2, 0) is 13.0 Å². The summed E-state index contributed by atoms with van der Waals surface area (Å²) < 4.78 is 1.82. The first-order chi connectivity index (χ1) is 5.38. The molecule has 1 aromatic heterocycles. The van der Waals surface area contributed by atoms with Gasteiger partial charge in [-0.2, -0.15) is 0 Å². The van der Waals surface area contributed by atoms with Gasteiger partial charge in [-0.25, -0.2) is 4.68 Å². The number of nitrogens with zero attached hydrogens (tertiary/aromatic N) is 4. The Balaban J connectivity index is 2.54. The fraction of sp³-hybridized carbons (Fsp3) is 0.833. The van der Waals surface area contributed by atoms with Crippen molar-refractivity contribution in [3.63, 3.8) is 0 Å². The zero-order valence-corrected chi connectivity index (χ0v) is 8.08. The maximum absolute atomic E-state index is 3.91. The van der Waals surface area contributed by atoms with E-state index in [2.05, 4.69) is 31.5 Å². The number of hydrogen-bond donors (Lipinski definition) is 0. The minimum Gasteiger partial charge on any atom is -0.230 e. The molecule has 0 atom stereocenters. The van der Waals surface area contributed by atoms with E-state index in [4.69, 9.17) is 0 Å². The average molecular weight is 219 g/mol. The number of halogens is 1. The molecular formula is C6H11BrN4. The Bertz CT molecular complexity index is 210. The Hall–Kier alpha value is -0.450. The molecule has 1 heterocycles. The van der Waals surface area contributed by atoms with Crippen LogP contribution in [0.2, 0.25) is 0 Å². The van der Waals surface area contributed by atoms with Gasteiger partial charge >= 0.3 is 0 Å². The number of tetrazole rings is 1. The summed E-state index contributed by atoms with van der Waals surface area (Å²) in [7, 11) is 0. The van der Waals surface area contributed by atoms with Gasteiger partial charge in [0.1, 0.15) is 0 Å². The van der Waals surface area contributed by atoms with Crippen molar-refractivity contribution >= 4 is 15.9 Å². The largest absolute Gasteiger partial charge is 0.230 e. The van der Waals surface area contributed by atoms with Crippen molar-refractivity contribution in [3.05, 3.63) is 5.82 Å². The van der Waals surface area contributed by atoms with Gasteiger partial charge in [-0.3, -0.25) is 0 Å². The molecule has 0 fully saturated rings. The first-order valence-electron chi connectivity index (χ1n) is 3.69. The second kappa shape index (κ2) is 4.43. The van der Waals surface area contributed by atoms with Crippen LogP contribution in [0.25, 0.3) is 0 Å². The minimum atomic E-state index is 0.852. The molecule has 0 bridgehead atoms. The first-order valence-corrected chi connectivity index (χ1v) is 4.81. The van der Waals surface area contributed by atoms with Gasteiger partial charge in [0.2, 0.25) is 0 Å².